The molecule has 0 saturated carbocycles. The summed E-state index contributed by atoms with van der Waals surface area (Å²) < 4.78 is 17.0. The number of rotatable bonds is 6. The van der Waals surface area contributed by atoms with Crippen LogP contribution in [0.25, 0.3) is 0 Å². The summed E-state index contributed by atoms with van der Waals surface area (Å²) in [5.74, 6) is 0.914. The predicted molar refractivity (Wildman–Crippen MR) is 94.9 cm³/mol. The molecule has 7 nitrogen and oxygen atoms in total. The van der Waals surface area contributed by atoms with Crippen molar-refractivity contribution in [1.29, 1.82) is 0 Å². The number of hydrazone groups is 1. The number of ether oxygens (including phenoxy) is 3. The van der Waals surface area contributed by atoms with E-state index < -0.39 is 0 Å². The summed E-state index contributed by atoms with van der Waals surface area (Å²) in [4.78, 5) is 13.2. The van der Waals surface area contributed by atoms with E-state index >= 15 is 0 Å². The number of amides is 1. The SMILES string of the molecule is COc1cc(/C=N/N2CCOCC2)cc(Br)c1OCC(=O)N(C)C. The van der Waals surface area contributed by atoms with Crippen LogP contribution in [0.4, 0.5) is 0 Å². The molecule has 0 aromatic heterocycles. The highest BCUT2D eigenvalue weighted by Gasteiger charge is 2.14. The molecule has 0 unspecified atom stereocenters. The summed E-state index contributed by atoms with van der Waals surface area (Å²) in [6.07, 6.45) is 1.77. The number of likely N-dealkylation sites (N-methyl/N-ethyl adjacent to an activating group) is 1. The number of carbonyl (C=O) groups is 1. The Morgan fingerprint density at radius 3 is 2.75 bits per heavy atom. The van der Waals surface area contributed by atoms with Gasteiger partial charge >= 0.3 is 0 Å². The number of halogens is 1. The second-order valence-electron chi connectivity index (χ2n) is 5.42. The maximum absolute atomic E-state index is 11.7. The molecule has 1 aromatic rings. The van der Waals surface area contributed by atoms with E-state index in [9.17, 15) is 4.79 Å². The first-order valence-electron chi connectivity index (χ1n) is 7.58. The number of hydrogen-bond donors (Lipinski definition) is 0. The first-order chi connectivity index (χ1) is 11.5. The van der Waals surface area contributed by atoms with Gasteiger partial charge in [-0.25, -0.2) is 0 Å². The molecular formula is C16H22BrN3O4. The number of morpholine rings is 1. The van der Waals surface area contributed by atoms with Crippen LogP contribution in [0.3, 0.4) is 0 Å². The van der Waals surface area contributed by atoms with Crippen LogP contribution in [-0.2, 0) is 9.53 Å². The van der Waals surface area contributed by atoms with Gasteiger partial charge in [-0.15, -0.1) is 0 Å². The smallest absolute Gasteiger partial charge is 0.259 e. The number of methoxy groups -OCH3 is 1. The lowest BCUT2D eigenvalue weighted by molar-refractivity contribution is -0.130. The van der Waals surface area contributed by atoms with Crippen LogP contribution >= 0.6 is 15.9 Å². The van der Waals surface area contributed by atoms with E-state index in [1.54, 1.807) is 27.4 Å². The molecule has 0 radical (unpaired) electrons. The molecule has 1 fully saturated rings. The minimum Gasteiger partial charge on any atom is -0.493 e. The Kier molecular flexibility index (Phi) is 6.86. The molecule has 0 spiro atoms. The fourth-order valence-corrected chi connectivity index (χ4v) is 2.61. The van der Waals surface area contributed by atoms with E-state index in [2.05, 4.69) is 21.0 Å². The number of nitrogens with zero attached hydrogens (tertiary/aromatic N) is 3. The van der Waals surface area contributed by atoms with Gasteiger partial charge in [-0.05, 0) is 33.6 Å². The highest BCUT2D eigenvalue weighted by molar-refractivity contribution is 9.10. The van der Waals surface area contributed by atoms with Crippen molar-refractivity contribution in [2.24, 2.45) is 5.10 Å². The Balaban J connectivity index is 2.10. The number of carbonyl (C=O) groups excluding carboxylic acids is 1. The molecule has 1 aliphatic rings. The summed E-state index contributed by atoms with van der Waals surface area (Å²) in [6.45, 7) is 2.89. The van der Waals surface area contributed by atoms with Crippen LogP contribution in [0.15, 0.2) is 21.7 Å². The summed E-state index contributed by atoms with van der Waals surface area (Å²) >= 11 is 3.47. The lowest BCUT2D eigenvalue weighted by atomic mass is 10.2. The molecule has 0 atom stereocenters. The minimum absolute atomic E-state index is 0.0524. The molecule has 1 heterocycles. The fraction of sp³-hybridized carbons (Fsp3) is 0.500. The predicted octanol–water partition coefficient (Wildman–Crippen LogP) is 1.59. The molecule has 1 aromatic carbocycles. The second-order valence-corrected chi connectivity index (χ2v) is 6.28. The first-order valence-corrected chi connectivity index (χ1v) is 8.37. The molecule has 1 amide bonds. The van der Waals surface area contributed by atoms with E-state index in [0.29, 0.717) is 29.2 Å². The molecular weight excluding hydrogens is 378 g/mol. The monoisotopic (exact) mass is 399 g/mol. The van der Waals surface area contributed by atoms with Crippen LogP contribution in [0, 0.1) is 0 Å². The van der Waals surface area contributed by atoms with Gasteiger partial charge in [0.2, 0.25) is 0 Å². The average Bonchev–Trinajstić information content (AvgIpc) is 2.59. The lowest BCUT2D eigenvalue weighted by Gasteiger charge is -2.23. The van der Waals surface area contributed by atoms with Gasteiger partial charge in [0.25, 0.3) is 5.91 Å². The van der Waals surface area contributed by atoms with Gasteiger partial charge in [0.05, 0.1) is 44.1 Å². The number of hydrogen-bond acceptors (Lipinski definition) is 6. The molecule has 132 valence electrons. The lowest BCUT2D eigenvalue weighted by Crippen LogP contribution is -2.32. The summed E-state index contributed by atoms with van der Waals surface area (Å²) in [6, 6.07) is 3.70. The third kappa shape index (κ3) is 5.10. The Bertz CT molecular complexity index is 601. The van der Waals surface area contributed by atoms with Crippen molar-refractivity contribution in [1.82, 2.24) is 9.91 Å². The van der Waals surface area contributed by atoms with E-state index in [-0.39, 0.29) is 12.5 Å². The van der Waals surface area contributed by atoms with Crippen LogP contribution < -0.4 is 9.47 Å². The average molecular weight is 400 g/mol. The van der Waals surface area contributed by atoms with Gasteiger partial charge < -0.3 is 19.1 Å². The minimum atomic E-state index is -0.123. The highest BCUT2D eigenvalue weighted by Crippen LogP contribution is 2.36. The van der Waals surface area contributed by atoms with Crippen LogP contribution in [-0.4, -0.2) is 76.1 Å². The second kappa shape index (κ2) is 8.89. The summed E-state index contributed by atoms with van der Waals surface area (Å²) in [5, 5.41) is 6.41. The van der Waals surface area contributed by atoms with E-state index in [4.69, 9.17) is 14.2 Å². The molecule has 0 N–H and O–H groups in total. The highest BCUT2D eigenvalue weighted by atomic mass is 79.9. The molecule has 1 aliphatic heterocycles. The Morgan fingerprint density at radius 2 is 2.12 bits per heavy atom. The molecule has 24 heavy (non-hydrogen) atoms. The third-order valence-electron chi connectivity index (χ3n) is 3.45. The Labute approximate surface area is 150 Å². The van der Waals surface area contributed by atoms with Crippen molar-refractivity contribution in [2.45, 2.75) is 0 Å². The van der Waals surface area contributed by atoms with Crippen molar-refractivity contribution < 1.29 is 19.0 Å². The number of benzene rings is 1. The maximum atomic E-state index is 11.7. The zero-order valence-corrected chi connectivity index (χ0v) is 15.7. The normalized spacial score (nSPS) is 14.8. The van der Waals surface area contributed by atoms with Crippen molar-refractivity contribution in [3.63, 3.8) is 0 Å². The van der Waals surface area contributed by atoms with Gasteiger partial charge in [-0.3, -0.25) is 9.80 Å². The van der Waals surface area contributed by atoms with Gasteiger partial charge in [-0.2, -0.15) is 5.10 Å². The Morgan fingerprint density at radius 1 is 1.42 bits per heavy atom. The fourth-order valence-electron chi connectivity index (χ4n) is 2.03. The summed E-state index contributed by atoms with van der Waals surface area (Å²) in [5.41, 5.74) is 0.872. The molecule has 8 heteroatoms. The topological polar surface area (TPSA) is 63.6 Å². The van der Waals surface area contributed by atoms with Crippen molar-refractivity contribution in [3.8, 4) is 11.5 Å². The zero-order chi connectivity index (χ0) is 17.5. The van der Waals surface area contributed by atoms with Gasteiger partial charge in [-0.1, -0.05) is 0 Å². The van der Waals surface area contributed by atoms with Crippen LogP contribution in [0.5, 0.6) is 11.5 Å². The van der Waals surface area contributed by atoms with Crippen molar-refractivity contribution >= 4 is 28.1 Å². The van der Waals surface area contributed by atoms with E-state index in [1.165, 1.54) is 4.90 Å². The van der Waals surface area contributed by atoms with Gasteiger partial charge in [0.1, 0.15) is 0 Å². The standard InChI is InChI=1S/C16H22BrN3O4/c1-19(2)15(21)11-24-16-13(17)8-12(9-14(16)22-3)10-18-20-4-6-23-7-5-20/h8-10H,4-7,11H2,1-3H3/b18-10+. The van der Waals surface area contributed by atoms with E-state index in [0.717, 1.165) is 18.7 Å². The first kappa shape index (κ1) is 18.5. The molecule has 2 rings (SSSR count). The maximum Gasteiger partial charge on any atom is 0.259 e. The van der Waals surface area contributed by atoms with Crippen LogP contribution in [0.2, 0.25) is 0 Å². The summed E-state index contributed by atoms with van der Waals surface area (Å²) in [7, 11) is 4.93. The Hall–Kier alpha value is -1.80. The molecule has 0 aliphatic carbocycles. The molecule has 1 saturated heterocycles. The third-order valence-corrected chi connectivity index (χ3v) is 4.04. The van der Waals surface area contributed by atoms with Gasteiger partial charge in [0, 0.05) is 14.1 Å². The van der Waals surface area contributed by atoms with Crippen molar-refractivity contribution in [3.05, 3.63) is 22.2 Å². The molecule has 0 bridgehead atoms. The largest absolute Gasteiger partial charge is 0.493 e. The van der Waals surface area contributed by atoms with E-state index in [1.807, 2.05) is 17.1 Å². The van der Waals surface area contributed by atoms with Crippen molar-refractivity contribution in [2.75, 3.05) is 54.1 Å². The van der Waals surface area contributed by atoms with Crippen LogP contribution in [0.1, 0.15) is 5.56 Å². The van der Waals surface area contributed by atoms with Gasteiger partial charge in [0.15, 0.2) is 18.1 Å². The quantitative estimate of drug-likeness (QED) is 0.679. The zero-order valence-electron chi connectivity index (χ0n) is 14.1.